The monoisotopic (exact) mass is 354 g/mol. The molecule has 0 aliphatic carbocycles. The molecule has 2 aromatic carbocycles. The Labute approximate surface area is 153 Å². The maximum atomic E-state index is 9.01. The Morgan fingerprint density at radius 2 is 1.44 bits per heavy atom. The molecule has 0 saturated carbocycles. The van der Waals surface area contributed by atoms with Crippen molar-refractivity contribution in [1.82, 2.24) is 0 Å². The molecule has 0 aliphatic rings. The van der Waals surface area contributed by atoms with Crippen LogP contribution >= 0.6 is 0 Å². The summed E-state index contributed by atoms with van der Waals surface area (Å²) >= 11 is 0. The van der Waals surface area contributed by atoms with Crippen LogP contribution in [-0.4, -0.2) is 26.6 Å². The fourth-order valence-electron chi connectivity index (χ4n) is 3.37. The molecule has 2 nitrogen and oxygen atoms in total. The average molecular weight is 355 g/mol. The predicted molar refractivity (Wildman–Crippen MR) is 109 cm³/mol. The summed E-state index contributed by atoms with van der Waals surface area (Å²) in [6.07, 6.45) is 3.82. The van der Waals surface area contributed by atoms with E-state index in [1.807, 2.05) is 6.08 Å². The summed E-state index contributed by atoms with van der Waals surface area (Å²) in [6, 6.07) is 21.4. The Bertz CT molecular complexity index is 620. The van der Waals surface area contributed by atoms with Gasteiger partial charge in [0.2, 0.25) is 0 Å². The van der Waals surface area contributed by atoms with Gasteiger partial charge in [-0.05, 0) is 21.3 Å². The van der Waals surface area contributed by atoms with Crippen LogP contribution in [-0.2, 0) is 4.43 Å². The third kappa shape index (κ3) is 4.49. The van der Waals surface area contributed by atoms with Crippen LogP contribution in [0.3, 0.4) is 0 Å². The van der Waals surface area contributed by atoms with E-state index < -0.39 is 8.32 Å². The lowest BCUT2D eigenvalue weighted by Crippen LogP contribution is -2.66. The van der Waals surface area contributed by atoms with Crippen LogP contribution < -0.4 is 10.4 Å². The molecule has 0 bridgehead atoms. The number of hydrogen-bond donors (Lipinski definition) is 1. The molecule has 0 amide bonds. The zero-order valence-corrected chi connectivity index (χ0v) is 16.8. The average Bonchev–Trinajstić information content (AvgIpc) is 2.61. The van der Waals surface area contributed by atoms with Crippen molar-refractivity contribution in [3.63, 3.8) is 0 Å². The molecule has 0 aromatic heterocycles. The van der Waals surface area contributed by atoms with Crippen molar-refractivity contribution in [2.75, 3.05) is 13.2 Å². The first-order valence-corrected chi connectivity index (χ1v) is 10.8. The van der Waals surface area contributed by atoms with E-state index in [1.165, 1.54) is 10.4 Å². The number of hydrogen-bond acceptors (Lipinski definition) is 2. The van der Waals surface area contributed by atoms with Gasteiger partial charge in [-0.25, -0.2) is 0 Å². The van der Waals surface area contributed by atoms with Gasteiger partial charge >= 0.3 is 0 Å². The van der Waals surface area contributed by atoms with Gasteiger partial charge in [-0.1, -0.05) is 101 Å². The minimum Gasteiger partial charge on any atom is -0.407 e. The van der Waals surface area contributed by atoms with Crippen molar-refractivity contribution in [2.24, 2.45) is 5.92 Å². The Morgan fingerprint density at radius 1 is 0.960 bits per heavy atom. The molecular formula is C22H30O2Si. The van der Waals surface area contributed by atoms with E-state index in [9.17, 15) is 0 Å². The molecule has 3 heteroatoms. The molecule has 2 rings (SSSR count). The zero-order valence-electron chi connectivity index (χ0n) is 15.8. The van der Waals surface area contributed by atoms with Gasteiger partial charge in [0.05, 0.1) is 6.61 Å². The van der Waals surface area contributed by atoms with Gasteiger partial charge in [0, 0.05) is 6.61 Å². The summed E-state index contributed by atoms with van der Waals surface area (Å²) < 4.78 is 6.83. The lowest BCUT2D eigenvalue weighted by molar-refractivity contribution is 0.267. The van der Waals surface area contributed by atoms with E-state index in [-0.39, 0.29) is 17.6 Å². The SMILES string of the molecule is C[C@@H](/C=C/CO)CO[Si](c1ccccc1)(c1ccccc1)C(C)(C)C. The van der Waals surface area contributed by atoms with Gasteiger partial charge in [0.25, 0.3) is 8.32 Å². The smallest absolute Gasteiger partial charge is 0.261 e. The highest BCUT2D eigenvalue weighted by molar-refractivity contribution is 6.99. The van der Waals surface area contributed by atoms with Crippen molar-refractivity contribution in [2.45, 2.75) is 32.7 Å². The van der Waals surface area contributed by atoms with Gasteiger partial charge < -0.3 is 9.53 Å². The third-order valence-corrected chi connectivity index (χ3v) is 9.55. The maximum Gasteiger partial charge on any atom is 0.261 e. The van der Waals surface area contributed by atoms with Crippen LogP contribution in [0.25, 0.3) is 0 Å². The van der Waals surface area contributed by atoms with Gasteiger partial charge in [-0.2, -0.15) is 0 Å². The maximum absolute atomic E-state index is 9.01. The van der Waals surface area contributed by atoms with E-state index in [2.05, 4.69) is 88.4 Å². The quantitative estimate of drug-likeness (QED) is 0.606. The van der Waals surface area contributed by atoms with Crippen molar-refractivity contribution >= 4 is 18.7 Å². The van der Waals surface area contributed by atoms with Crippen LogP contribution in [0.1, 0.15) is 27.7 Å². The van der Waals surface area contributed by atoms with Crippen LogP contribution in [0.2, 0.25) is 5.04 Å². The van der Waals surface area contributed by atoms with Gasteiger partial charge in [-0.15, -0.1) is 0 Å². The highest BCUT2D eigenvalue weighted by Crippen LogP contribution is 2.37. The summed E-state index contributed by atoms with van der Waals surface area (Å²) in [5.74, 6) is 0.258. The molecule has 1 N–H and O–H groups in total. The number of aliphatic hydroxyl groups excluding tert-OH is 1. The standard InChI is InChI=1S/C22H30O2Si/c1-19(12-11-17-23)18-24-25(22(2,3)4,20-13-7-5-8-14-20)21-15-9-6-10-16-21/h5-16,19,23H,17-18H2,1-4H3/b12-11+/t19-/m0/s1. The second-order valence-corrected chi connectivity index (χ2v) is 11.9. The summed E-state index contributed by atoms with van der Waals surface area (Å²) in [5.41, 5.74) is 0. The van der Waals surface area contributed by atoms with Crippen LogP contribution in [0.5, 0.6) is 0 Å². The molecule has 0 aliphatic heterocycles. The van der Waals surface area contributed by atoms with Crippen molar-refractivity contribution in [1.29, 1.82) is 0 Å². The molecule has 25 heavy (non-hydrogen) atoms. The number of rotatable bonds is 7. The fraction of sp³-hybridized carbons (Fsp3) is 0.364. The first-order chi connectivity index (χ1) is 11.9. The summed E-state index contributed by atoms with van der Waals surface area (Å²) in [5, 5.41) is 11.6. The molecule has 0 unspecified atom stereocenters. The molecule has 0 spiro atoms. The Kier molecular flexibility index (Phi) is 6.76. The molecule has 0 fully saturated rings. The topological polar surface area (TPSA) is 29.5 Å². The summed E-state index contributed by atoms with van der Waals surface area (Å²) in [6.45, 7) is 9.70. The predicted octanol–water partition coefficient (Wildman–Crippen LogP) is 3.75. The Morgan fingerprint density at radius 3 is 1.84 bits per heavy atom. The zero-order chi connectivity index (χ0) is 18.3. The largest absolute Gasteiger partial charge is 0.407 e. The van der Waals surface area contributed by atoms with Gasteiger partial charge in [-0.3, -0.25) is 0 Å². The molecule has 0 radical (unpaired) electrons. The van der Waals surface area contributed by atoms with E-state index in [1.54, 1.807) is 6.08 Å². The van der Waals surface area contributed by atoms with Crippen LogP contribution in [0, 0.1) is 5.92 Å². The third-order valence-electron chi connectivity index (χ3n) is 4.55. The van der Waals surface area contributed by atoms with Crippen LogP contribution in [0.4, 0.5) is 0 Å². The van der Waals surface area contributed by atoms with E-state index >= 15 is 0 Å². The Hall–Kier alpha value is -1.68. The fourth-order valence-corrected chi connectivity index (χ4v) is 8.04. The first kappa shape index (κ1) is 19.6. The summed E-state index contributed by atoms with van der Waals surface area (Å²) in [4.78, 5) is 0. The van der Waals surface area contributed by atoms with Crippen molar-refractivity contribution in [3.05, 3.63) is 72.8 Å². The molecule has 2 aromatic rings. The Balaban J connectivity index is 2.51. The molecule has 0 heterocycles. The second-order valence-electron chi connectivity index (χ2n) is 7.56. The lowest BCUT2D eigenvalue weighted by atomic mass is 10.2. The van der Waals surface area contributed by atoms with Crippen molar-refractivity contribution in [3.8, 4) is 0 Å². The highest BCUT2D eigenvalue weighted by Gasteiger charge is 2.50. The minimum absolute atomic E-state index is 0.00385. The van der Waals surface area contributed by atoms with E-state index in [0.717, 1.165) is 0 Å². The first-order valence-electron chi connectivity index (χ1n) is 8.94. The second kappa shape index (κ2) is 8.61. The minimum atomic E-state index is -2.45. The number of aliphatic hydroxyl groups is 1. The molecule has 1 atom stereocenters. The highest BCUT2D eigenvalue weighted by atomic mass is 28.4. The summed E-state index contributed by atoms with van der Waals surface area (Å²) in [7, 11) is -2.45. The van der Waals surface area contributed by atoms with Crippen LogP contribution in [0.15, 0.2) is 72.8 Å². The normalized spacial score (nSPS) is 14.0. The molecular weight excluding hydrogens is 324 g/mol. The van der Waals surface area contributed by atoms with E-state index in [4.69, 9.17) is 9.53 Å². The molecule has 0 saturated heterocycles. The molecule has 134 valence electrons. The van der Waals surface area contributed by atoms with Gasteiger partial charge in [0.1, 0.15) is 0 Å². The van der Waals surface area contributed by atoms with Crippen molar-refractivity contribution < 1.29 is 9.53 Å². The lowest BCUT2D eigenvalue weighted by Gasteiger charge is -2.43. The van der Waals surface area contributed by atoms with E-state index in [0.29, 0.717) is 6.61 Å². The number of benzene rings is 2. The van der Waals surface area contributed by atoms with Gasteiger partial charge in [0.15, 0.2) is 0 Å².